The first-order valence-corrected chi connectivity index (χ1v) is 8.63. The number of rotatable bonds is 4. The summed E-state index contributed by atoms with van der Waals surface area (Å²) in [5.41, 5.74) is 1.07. The zero-order chi connectivity index (χ0) is 15.5. The first kappa shape index (κ1) is 14.4. The minimum Gasteiger partial charge on any atom is -0.439 e. The van der Waals surface area contributed by atoms with Crippen LogP contribution < -0.4 is 4.90 Å². The molecule has 6 heteroatoms. The molecule has 118 valence electrons. The molecule has 0 atom stereocenters. The maximum absolute atomic E-state index is 5.89. The molecule has 0 spiro atoms. The van der Waals surface area contributed by atoms with E-state index in [0.29, 0.717) is 0 Å². The van der Waals surface area contributed by atoms with E-state index in [1.54, 1.807) is 11.3 Å². The number of anilines is 1. The molecule has 2 aromatic heterocycles. The van der Waals surface area contributed by atoms with Gasteiger partial charge in [-0.15, -0.1) is 11.3 Å². The first-order valence-electron chi connectivity index (χ1n) is 7.75. The molecule has 1 aliphatic rings. The standard InChI is InChI=1S/C17H18N4OS/c1-2-4-14(5-3-1)15-12-19-16(22-15)13-20-7-9-21(10-8-20)17-18-6-11-23-17/h1-6,11-12H,7-10,13H2. The van der Waals surface area contributed by atoms with Gasteiger partial charge in [-0.2, -0.15) is 0 Å². The molecule has 0 aliphatic carbocycles. The number of thiazole rings is 1. The lowest BCUT2D eigenvalue weighted by Gasteiger charge is -2.33. The van der Waals surface area contributed by atoms with Crippen LogP contribution >= 0.6 is 11.3 Å². The number of hydrogen-bond acceptors (Lipinski definition) is 6. The Morgan fingerprint density at radius 2 is 1.87 bits per heavy atom. The van der Waals surface area contributed by atoms with Crippen molar-refractivity contribution in [2.24, 2.45) is 0 Å². The summed E-state index contributed by atoms with van der Waals surface area (Å²) < 4.78 is 5.89. The number of piperazine rings is 1. The number of aromatic nitrogens is 2. The molecule has 1 aliphatic heterocycles. The molecule has 23 heavy (non-hydrogen) atoms. The zero-order valence-corrected chi connectivity index (χ0v) is 13.6. The van der Waals surface area contributed by atoms with Crippen molar-refractivity contribution >= 4 is 16.5 Å². The summed E-state index contributed by atoms with van der Waals surface area (Å²) >= 11 is 1.70. The van der Waals surface area contributed by atoms with E-state index in [-0.39, 0.29) is 0 Å². The topological polar surface area (TPSA) is 45.4 Å². The van der Waals surface area contributed by atoms with E-state index < -0.39 is 0 Å². The lowest BCUT2D eigenvalue weighted by atomic mass is 10.2. The summed E-state index contributed by atoms with van der Waals surface area (Å²) in [6.45, 7) is 4.77. The Balaban J connectivity index is 1.36. The van der Waals surface area contributed by atoms with E-state index in [1.807, 2.05) is 48.1 Å². The van der Waals surface area contributed by atoms with Crippen molar-refractivity contribution < 1.29 is 4.42 Å². The highest BCUT2D eigenvalue weighted by Gasteiger charge is 2.20. The van der Waals surface area contributed by atoms with Crippen LogP contribution in [0.1, 0.15) is 5.89 Å². The lowest BCUT2D eigenvalue weighted by Crippen LogP contribution is -2.45. The van der Waals surface area contributed by atoms with Crippen LogP contribution in [0.25, 0.3) is 11.3 Å². The predicted octanol–water partition coefficient (Wildman–Crippen LogP) is 3.12. The number of hydrogen-bond donors (Lipinski definition) is 0. The molecular weight excluding hydrogens is 308 g/mol. The number of nitrogens with zero attached hydrogens (tertiary/aromatic N) is 4. The minimum absolute atomic E-state index is 0.762. The van der Waals surface area contributed by atoms with Crippen molar-refractivity contribution in [2.75, 3.05) is 31.1 Å². The zero-order valence-electron chi connectivity index (χ0n) is 12.8. The summed E-state index contributed by atoms with van der Waals surface area (Å²) in [5, 5.41) is 3.15. The van der Waals surface area contributed by atoms with Crippen molar-refractivity contribution in [1.82, 2.24) is 14.9 Å². The molecule has 0 radical (unpaired) electrons. The fraction of sp³-hybridized carbons (Fsp3) is 0.294. The lowest BCUT2D eigenvalue weighted by molar-refractivity contribution is 0.227. The fourth-order valence-electron chi connectivity index (χ4n) is 2.78. The van der Waals surface area contributed by atoms with Gasteiger partial charge in [-0.3, -0.25) is 4.90 Å². The SMILES string of the molecule is c1ccc(-c2cnc(CN3CCN(c4nccs4)CC3)o2)cc1. The summed E-state index contributed by atoms with van der Waals surface area (Å²) in [6, 6.07) is 10.1. The van der Waals surface area contributed by atoms with Gasteiger partial charge in [0.15, 0.2) is 10.9 Å². The Hall–Kier alpha value is -2.18. The van der Waals surface area contributed by atoms with Gasteiger partial charge in [-0.1, -0.05) is 30.3 Å². The predicted molar refractivity (Wildman–Crippen MR) is 91.5 cm³/mol. The third-order valence-electron chi connectivity index (χ3n) is 4.03. The monoisotopic (exact) mass is 326 g/mol. The van der Waals surface area contributed by atoms with Gasteiger partial charge in [0.1, 0.15) is 0 Å². The van der Waals surface area contributed by atoms with Crippen LogP contribution in [0.5, 0.6) is 0 Å². The molecule has 4 rings (SSSR count). The Morgan fingerprint density at radius 1 is 1.04 bits per heavy atom. The molecule has 3 aromatic rings. The normalized spacial score (nSPS) is 15.9. The van der Waals surface area contributed by atoms with Gasteiger partial charge in [0, 0.05) is 43.3 Å². The maximum Gasteiger partial charge on any atom is 0.209 e. The molecule has 0 saturated carbocycles. The van der Waals surface area contributed by atoms with Crippen LogP contribution in [0.4, 0.5) is 5.13 Å². The highest BCUT2D eigenvalue weighted by molar-refractivity contribution is 7.13. The highest BCUT2D eigenvalue weighted by Crippen LogP contribution is 2.22. The van der Waals surface area contributed by atoms with Crippen molar-refractivity contribution in [3.05, 3.63) is 54.0 Å². The van der Waals surface area contributed by atoms with Gasteiger partial charge >= 0.3 is 0 Å². The quantitative estimate of drug-likeness (QED) is 0.737. The van der Waals surface area contributed by atoms with Crippen LogP contribution in [0.3, 0.4) is 0 Å². The minimum atomic E-state index is 0.762. The average Bonchev–Trinajstić information content (AvgIpc) is 3.28. The van der Waals surface area contributed by atoms with E-state index >= 15 is 0 Å². The van der Waals surface area contributed by atoms with Gasteiger partial charge in [0.2, 0.25) is 5.89 Å². The highest BCUT2D eigenvalue weighted by atomic mass is 32.1. The van der Waals surface area contributed by atoms with Crippen LogP contribution in [0, 0.1) is 0 Å². The summed E-state index contributed by atoms with van der Waals surface area (Å²) in [4.78, 5) is 13.5. The third kappa shape index (κ3) is 3.28. The van der Waals surface area contributed by atoms with Gasteiger partial charge in [-0.05, 0) is 0 Å². The Morgan fingerprint density at radius 3 is 2.61 bits per heavy atom. The molecule has 0 bridgehead atoms. The van der Waals surface area contributed by atoms with Crippen LogP contribution in [-0.2, 0) is 6.54 Å². The summed E-state index contributed by atoms with van der Waals surface area (Å²) in [5.74, 6) is 1.62. The second kappa shape index (κ2) is 6.52. The van der Waals surface area contributed by atoms with E-state index in [1.165, 1.54) is 0 Å². The summed E-state index contributed by atoms with van der Waals surface area (Å²) in [7, 11) is 0. The van der Waals surface area contributed by atoms with E-state index in [2.05, 4.69) is 19.8 Å². The number of oxazole rings is 1. The molecule has 5 nitrogen and oxygen atoms in total. The van der Waals surface area contributed by atoms with Gasteiger partial charge in [0.25, 0.3) is 0 Å². The molecule has 0 amide bonds. The smallest absolute Gasteiger partial charge is 0.209 e. The average molecular weight is 326 g/mol. The van der Waals surface area contributed by atoms with Crippen molar-refractivity contribution in [1.29, 1.82) is 0 Å². The van der Waals surface area contributed by atoms with Crippen LogP contribution in [0.2, 0.25) is 0 Å². The Kier molecular flexibility index (Phi) is 4.08. The van der Waals surface area contributed by atoms with E-state index in [0.717, 1.165) is 55.1 Å². The van der Waals surface area contributed by atoms with Crippen molar-refractivity contribution in [3.8, 4) is 11.3 Å². The molecule has 1 aromatic carbocycles. The molecule has 3 heterocycles. The first-order chi connectivity index (χ1) is 11.4. The molecular formula is C17H18N4OS. The van der Waals surface area contributed by atoms with E-state index in [9.17, 15) is 0 Å². The summed E-state index contributed by atoms with van der Waals surface area (Å²) in [6.07, 6.45) is 3.68. The largest absolute Gasteiger partial charge is 0.439 e. The second-order valence-corrected chi connectivity index (χ2v) is 6.44. The van der Waals surface area contributed by atoms with Crippen molar-refractivity contribution in [3.63, 3.8) is 0 Å². The Labute approximate surface area is 139 Å². The Bertz CT molecular complexity index is 733. The maximum atomic E-state index is 5.89. The van der Waals surface area contributed by atoms with Crippen molar-refractivity contribution in [2.45, 2.75) is 6.54 Å². The molecule has 0 N–H and O–H groups in total. The van der Waals surface area contributed by atoms with Gasteiger partial charge in [0.05, 0.1) is 12.7 Å². The van der Waals surface area contributed by atoms with E-state index in [4.69, 9.17) is 4.42 Å². The number of benzene rings is 1. The second-order valence-electron chi connectivity index (χ2n) is 5.56. The molecule has 1 fully saturated rings. The van der Waals surface area contributed by atoms with Crippen LogP contribution in [-0.4, -0.2) is 41.0 Å². The van der Waals surface area contributed by atoms with Gasteiger partial charge < -0.3 is 9.32 Å². The van der Waals surface area contributed by atoms with Crippen LogP contribution in [0.15, 0.2) is 52.5 Å². The van der Waals surface area contributed by atoms with Gasteiger partial charge in [-0.25, -0.2) is 9.97 Å². The third-order valence-corrected chi connectivity index (χ3v) is 4.87. The molecule has 1 saturated heterocycles. The molecule has 0 unspecified atom stereocenters. The fourth-order valence-corrected chi connectivity index (χ4v) is 3.48.